The monoisotopic (exact) mass is 157 g/mol. The van der Waals surface area contributed by atoms with E-state index in [0.717, 1.165) is 16.3 Å². The quantitative estimate of drug-likeness (QED) is 0.575. The van der Waals surface area contributed by atoms with Crippen LogP contribution in [0.4, 0.5) is 0 Å². The van der Waals surface area contributed by atoms with Crippen LogP contribution in [0.15, 0.2) is 36.4 Å². The molecule has 2 aromatic carbocycles. The molecule has 0 bridgehead atoms. The van der Waals surface area contributed by atoms with Crippen LogP contribution in [0.1, 0.15) is 5.56 Å². The third-order valence-electron chi connectivity index (χ3n) is 2.15. The second-order valence-corrected chi connectivity index (χ2v) is 2.91. The van der Waals surface area contributed by atoms with Gasteiger partial charge in [-0.2, -0.15) is 0 Å². The van der Waals surface area contributed by atoms with Gasteiger partial charge in [-0.05, 0) is 17.7 Å². The lowest BCUT2D eigenvalue weighted by Crippen LogP contribution is -1.92. The van der Waals surface area contributed by atoms with Crippen LogP contribution in [0.5, 0.6) is 5.75 Å². The standard InChI is InChI=1S/C11H10O/c1-8-10-5-3-2-4-9(10)6-7-11(8)12/h2-7,12H,1H3/p-1. The third-order valence-corrected chi connectivity index (χ3v) is 2.15. The van der Waals surface area contributed by atoms with Gasteiger partial charge >= 0.3 is 0 Å². The van der Waals surface area contributed by atoms with Crippen LogP contribution in [0.25, 0.3) is 10.8 Å². The Kier molecular flexibility index (Phi) is 1.51. The van der Waals surface area contributed by atoms with E-state index >= 15 is 0 Å². The molecule has 0 aliphatic heterocycles. The second kappa shape index (κ2) is 2.52. The smallest absolute Gasteiger partial charge is 0.0161 e. The summed E-state index contributed by atoms with van der Waals surface area (Å²) in [5.41, 5.74) is 0.841. The average molecular weight is 157 g/mol. The maximum absolute atomic E-state index is 11.2. The fraction of sp³-hybridized carbons (Fsp3) is 0.0909. The molecular formula is C11H9O-. The van der Waals surface area contributed by atoms with Gasteiger partial charge in [0.1, 0.15) is 0 Å². The van der Waals surface area contributed by atoms with Crippen molar-refractivity contribution in [3.05, 3.63) is 42.0 Å². The Labute approximate surface area is 71.3 Å². The summed E-state index contributed by atoms with van der Waals surface area (Å²) in [6, 6.07) is 11.4. The predicted octanol–water partition coefficient (Wildman–Crippen LogP) is 2.22. The zero-order valence-corrected chi connectivity index (χ0v) is 6.87. The van der Waals surface area contributed by atoms with E-state index in [1.807, 2.05) is 37.3 Å². The van der Waals surface area contributed by atoms with Gasteiger partial charge in [0, 0.05) is 0 Å². The fourth-order valence-corrected chi connectivity index (χ4v) is 1.41. The summed E-state index contributed by atoms with van der Waals surface area (Å²) in [6.07, 6.45) is 0. The number of aryl methyl sites for hydroxylation is 1. The number of hydrogen-bond donors (Lipinski definition) is 0. The van der Waals surface area contributed by atoms with Gasteiger partial charge < -0.3 is 5.11 Å². The Hall–Kier alpha value is -1.50. The summed E-state index contributed by atoms with van der Waals surface area (Å²) in [6.45, 7) is 1.87. The van der Waals surface area contributed by atoms with Gasteiger partial charge in [0.25, 0.3) is 0 Å². The van der Waals surface area contributed by atoms with Gasteiger partial charge in [-0.1, -0.05) is 42.0 Å². The van der Waals surface area contributed by atoms with Crippen molar-refractivity contribution < 1.29 is 5.11 Å². The number of rotatable bonds is 0. The molecule has 0 unspecified atom stereocenters. The average Bonchev–Trinajstić information content (AvgIpc) is 2.12. The molecule has 0 heterocycles. The molecule has 2 aromatic rings. The van der Waals surface area contributed by atoms with Gasteiger partial charge in [0.2, 0.25) is 0 Å². The van der Waals surface area contributed by atoms with Crippen LogP contribution < -0.4 is 5.11 Å². The zero-order chi connectivity index (χ0) is 8.55. The van der Waals surface area contributed by atoms with E-state index in [4.69, 9.17) is 0 Å². The first kappa shape index (κ1) is 7.17. The Bertz CT molecular complexity index is 418. The lowest BCUT2D eigenvalue weighted by Gasteiger charge is -2.11. The Morgan fingerprint density at radius 1 is 1.00 bits per heavy atom. The number of hydrogen-bond acceptors (Lipinski definition) is 1. The molecule has 0 aliphatic carbocycles. The fourth-order valence-electron chi connectivity index (χ4n) is 1.41. The molecule has 0 saturated heterocycles. The van der Waals surface area contributed by atoms with Gasteiger partial charge in [0.05, 0.1) is 0 Å². The molecule has 0 aliphatic rings. The Morgan fingerprint density at radius 3 is 2.58 bits per heavy atom. The molecule has 0 amide bonds. The zero-order valence-electron chi connectivity index (χ0n) is 6.87. The number of fused-ring (bicyclic) bond motifs is 1. The number of benzene rings is 2. The van der Waals surface area contributed by atoms with E-state index in [0.29, 0.717) is 0 Å². The summed E-state index contributed by atoms with van der Waals surface area (Å²) in [7, 11) is 0. The van der Waals surface area contributed by atoms with Crippen molar-refractivity contribution in [2.45, 2.75) is 6.92 Å². The summed E-state index contributed by atoms with van der Waals surface area (Å²) in [5.74, 6) is 0.119. The first-order valence-electron chi connectivity index (χ1n) is 3.94. The molecule has 0 radical (unpaired) electrons. The van der Waals surface area contributed by atoms with Gasteiger partial charge in [0.15, 0.2) is 0 Å². The molecule has 0 atom stereocenters. The van der Waals surface area contributed by atoms with Crippen LogP contribution in [-0.2, 0) is 0 Å². The molecule has 12 heavy (non-hydrogen) atoms. The summed E-state index contributed by atoms with van der Waals surface area (Å²) in [5, 5.41) is 13.4. The highest BCUT2D eigenvalue weighted by Gasteiger charge is 1.94. The highest BCUT2D eigenvalue weighted by atomic mass is 16.3. The van der Waals surface area contributed by atoms with E-state index in [1.54, 1.807) is 6.07 Å². The topological polar surface area (TPSA) is 23.1 Å². The van der Waals surface area contributed by atoms with Gasteiger partial charge in [-0.25, -0.2) is 0 Å². The van der Waals surface area contributed by atoms with Gasteiger partial charge in [-0.3, -0.25) is 0 Å². The molecule has 0 spiro atoms. The van der Waals surface area contributed by atoms with E-state index in [1.165, 1.54) is 0 Å². The van der Waals surface area contributed by atoms with Crippen LogP contribution in [0.2, 0.25) is 0 Å². The first-order valence-corrected chi connectivity index (χ1v) is 3.94. The molecule has 0 N–H and O–H groups in total. The highest BCUT2D eigenvalue weighted by Crippen LogP contribution is 2.23. The lowest BCUT2D eigenvalue weighted by atomic mass is 10.1. The summed E-state index contributed by atoms with van der Waals surface area (Å²) < 4.78 is 0. The second-order valence-electron chi connectivity index (χ2n) is 2.91. The van der Waals surface area contributed by atoms with Crippen LogP contribution in [0, 0.1) is 6.92 Å². The molecule has 0 saturated carbocycles. The van der Waals surface area contributed by atoms with E-state index < -0.39 is 0 Å². The maximum Gasteiger partial charge on any atom is -0.0161 e. The Morgan fingerprint density at radius 2 is 1.75 bits per heavy atom. The summed E-state index contributed by atoms with van der Waals surface area (Å²) in [4.78, 5) is 0. The van der Waals surface area contributed by atoms with Crippen molar-refractivity contribution in [2.75, 3.05) is 0 Å². The molecule has 2 rings (SSSR count). The molecular weight excluding hydrogens is 148 g/mol. The van der Waals surface area contributed by atoms with Crippen LogP contribution in [0.3, 0.4) is 0 Å². The Balaban J connectivity index is 2.91. The normalized spacial score (nSPS) is 10.4. The predicted molar refractivity (Wildman–Crippen MR) is 48.1 cm³/mol. The molecule has 0 aromatic heterocycles. The van der Waals surface area contributed by atoms with E-state index in [2.05, 4.69) is 0 Å². The van der Waals surface area contributed by atoms with Crippen LogP contribution in [-0.4, -0.2) is 0 Å². The van der Waals surface area contributed by atoms with E-state index in [-0.39, 0.29) is 5.75 Å². The van der Waals surface area contributed by atoms with Crippen molar-refractivity contribution in [3.63, 3.8) is 0 Å². The minimum absolute atomic E-state index is 0.119. The third kappa shape index (κ3) is 0.944. The van der Waals surface area contributed by atoms with E-state index in [9.17, 15) is 5.11 Å². The molecule has 0 fully saturated rings. The minimum Gasteiger partial charge on any atom is -0.872 e. The molecule has 1 heteroatoms. The van der Waals surface area contributed by atoms with Crippen molar-refractivity contribution >= 4 is 10.8 Å². The van der Waals surface area contributed by atoms with Gasteiger partial charge in [-0.15, -0.1) is 5.75 Å². The molecule has 1 nitrogen and oxygen atoms in total. The van der Waals surface area contributed by atoms with Crippen molar-refractivity contribution in [1.29, 1.82) is 0 Å². The van der Waals surface area contributed by atoms with Crippen LogP contribution >= 0.6 is 0 Å². The first-order chi connectivity index (χ1) is 5.79. The highest BCUT2D eigenvalue weighted by molar-refractivity contribution is 5.87. The lowest BCUT2D eigenvalue weighted by molar-refractivity contribution is -0.269. The van der Waals surface area contributed by atoms with Crippen molar-refractivity contribution in [3.8, 4) is 5.75 Å². The van der Waals surface area contributed by atoms with Crippen molar-refractivity contribution in [2.24, 2.45) is 0 Å². The summed E-state index contributed by atoms with van der Waals surface area (Å²) >= 11 is 0. The minimum atomic E-state index is 0.119. The maximum atomic E-state index is 11.2. The largest absolute Gasteiger partial charge is 0.872 e. The SMILES string of the molecule is Cc1c([O-])ccc2ccccc12. The van der Waals surface area contributed by atoms with Crippen molar-refractivity contribution in [1.82, 2.24) is 0 Å². The molecule has 60 valence electrons.